The summed E-state index contributed by atoms with van der Waals surface area (Å²) in [5.74, 6) is -0.948. The van der Waals surface area contributed by atoms with Crippen molar-refractivity contribution in [3.63, 3.8) is 0 Å². The van der Waals surface area contributed by atoms with Crippen molar-refractivity contribution < 1.29 is 19.4 Å². The SMILES string of the molecule is COCC(C)NC(=O)N1CCCC(C)C1C(=O)O. The first-order chi connectivity index (χ1) is 8.47. The Labute approximate surface area is 107 Å². The third kappa shape index (κ3) is 3.60. The molecular weight excluding hydrogens is 236 g/mol. The van der Waals surface area contributed by atoms with E-state index in [1.54, 1.807) is 7.11 Å². The van der Waals surface area contributed by atoms with E-state index in [0.717, 1.165) is 12.8 Å². The van der Waals surface area contributed by atoms with E-state index in [9.17, 15) is 14.7 Å². The zero-order chi connectivity index (χ0) is 13.7. The van der Waals surface area contributed by atoms with Crippen LogP contribution in [0.4, 0.5) is 4.79 Å². The molecule has 0 bridgehead atoms. The molecule has 1 rings (SSSR count). The van der Waals surface area contributed by atoms with Crippen LogP contribution < -0.4 is 5.32 Å². The number of likely N-dealkylation sites (tertiary alicyclic amines) is 1. The third-order valence-electron chi connectivity index (χ3n) is 3.23. The fourth-order valence-corrected chi connectivity index (χ4v) is 2.38. The van der Waals surface area contributed by atoms with E-state index in [4.69, 9.17) is 4.74 Å². The molecule has 0 aromatic carbocycles. The van der Waals surface area contributed by atoms with Gasteiger partial charge in [0.05, 0.1) is 12.6 Å². The number of methoxy groups -OCH3 is 1. The summed E-state index contributed by atoms with van der Waals surface area (Å²) in [4.78, 5) is 24.7. The van der Waals surface area contributed by atoms with Gasteiger partial charge in [0.2, 0.25) is 0 Å². The van der Waals surface area contributed by atoms with E-state index >= 15 is 0 Å². The summed E-state index contributed by atoms with van der Waals surface area (Å²) >= 11 is 0. The molecule has 2 N–H and O–H groups in total. The number of piperidine rings is 1. The van der Waals surface area contributed by atoms with Gasteiger partial charge < -0.3 is 20.1 Å². The standard InChI is InChI=1S/C12H22N2O4/c1-8-5-4-6-14(10(8)11(15)16)12(17)13-9(2)7-18-3/h8-10H,4-7H2,1-3H3,(H,13,17)(H,15,16). The lowest BCUT2D eigenvalue weighted by atomic mass is 9.91. The highest BCUT2D eigenvalue weighted by Gasteiger charge is 2.37. The Bertz CT molecular complexity index is 308. The monoisotopic (exact) mass is 258 g/mol. The molecule has 0 radical (unpaired) electrons. The Balaban J connectivity index is 2.66. The fraction of sp³-hybridized carbons (Fsp3) is 0.833. The molecule has 3 unspecified atom stereocenters. The summed E-state index contributed by atoms with van der Waals surface area (Å²) in [6.07, 6.45) is 1.69. The van der Waals surface area contributed by atoms with Gasteiger partial charge in [-0.15, -0.1) is 0 Å². The maximum Gasteiger partial charge on any atom is 0.326 e. The Kier molecular flexibility index (Phi) is 5.40. The minimum atomic E-state index is -0.934. The van der Waals surface area contributed by atoms with Gasteiger partial charge in [0.1, 0.15) is 6.04 Å². The average molecular weight is 258 g/mol. The second kappa shape index (κ2) is 6.58. The largest absolute Gasteiger partial charge is 0.480 e. The van der Waals surface area contributed by atoms with E-state index < -0.39 is 12.0 Å². The maximum absolute atomic E-state index is 12.0. The van der Waals surface area contributed by atoms with Gasteiger partial charge >= 0.3 is 12.0 Å². The van der Waals surface area contributed by atoms with Crippen molar-refractivity contribution in [2.24, 2.45) is 5.92 Å². The topological polar surface area (TPSA) is 78.9 Å². The Hall–Kier alpha value is -1.30. The molecule has 6 heteroatoms. The highest BCUT2D eigenvalue weighted by Crippen LogP contribution is 2.23. The average Bonchev–Trinajstić information content (AvgIpc) is 2.28. The van der Waals surface area contributed by atoms with E-state index in [1.807, 2.05) is 13.8 Å². The number of hydrogen-bond acceptors (Lipinski definition) is 3. The van der Waals surface area contributed by atoms with E-state index in [-0.39, 0.29) is 18.0 Å². The summed E-state index contributed by atoms with van der Waals surface area (Å²) in [6, 6.07) is -1.18. The van der Waals surface area contributed by atoms with Crippen LogP contribution in [-0.2, 0) is 9.53 Å². The number of carbonyl (C=O) groups is 2. The van der Waals surface area contributed by atoms with Crippen LogP contribution in [0.2, 0.25) is 0 Å². The third-order valence-corrected chi connectivity index (χ3v) is 3.23. The molecule has 1 aliphatic rings. The first kappa shape index (κ1) is 14.8. The van der Waals surface area contributed by atoms with E-state index in [0.29, 0.717) is 13.2 Å². The van der Waals surface area contributed by atoms with Crippen molar-refractivity contribution in [2.45, 2.75) is 38.8 Å². The minimum absolute atomic E-state index is 0.0141. The highest BCUT2D eigenvalue weighted by molar-refractivity contribution is 5.83. The number of nitrogens with one attached hydrogen (secondary N) is 1. The molecule has 2 amide bonds. The predicted octanol–water partition coefficient (Wildman–Crippen LogP) is 0.916. The number of ether oxygens (including phenoxy) is 1. The molecule has 104 valence electrons. The zero-order valence-electron chi connectivity index (χ0n) is 11.2. The van der Waals surface area contributed by atoms with Gasteiger partial charge in [0.15, 0.2) is 0 Å². The van der Waals surface area contributed by atoms with Crippen molar-refractivity contribution in [1.82, 2.24) is 10.2 Å². The molecule has 0 aromatic rings. The number of urea groups is 1. The number of hydrogen-bond donors (Lipinski definition) is 2. The second-order valence-electron chi connectivity index (χ2n) is 4.90. The maximum atomic E-state index is 12.0. The Morgan fingerprint density at radius 3 is 2.78 bits per heavy atom. The molecule has 18 heavy (non-hydrogen) atoms. The first-order valence-electron chi connectivity index (χ1n) is 6.26. The summed E-state index contributed by atoms with van der Waals surface area (Å²) in [6.45, 7) is 4.60. The number of aliphatic carboxylic acids is 1. The molecule has 0 aromatic heterocycles. The van der Waals surface area contributed by atoms with Gasteiger partial charge in [0, 0.05) is 13.7 Å². The summed E-state index contributed by atoms with van der Waals surface area (Å²) in [5.41, 5.74) is 0. The van der Waals surface area contributed by atoms with Gasteiger partial charge in [-0.3, -0.25) is 0 Å². The lowest BCUT2D eigenvalue weighted by Gasteiger charge is -2.37. The van der Waals surface area contributed by atoms with Crippen molar-refractivity contribution in [1.29, 1.82) is 0 Å². The van der Waals surface area contributed by atoms with Crippen LogP contribution >= 0.6 is 0 Å². The van der Waals surface area contributed by atoms with Gasteiger partial charge in [0.25, 0.3) is 0 Å². The van der Waals surface area contributed by atoms with Gasteiger partial charge in [-0.1, -0.05) is 6.92 Å². The van der Waals surface area contributed by atoms with Crippen LogP contribution in [0.15, 0.2) is 0 Å². The van der Waals surface area contributed by atoms with Crippen LogP contribution in [0.3, 0.4) is 0 Å². The van der Waals surface area contributed by atoms with Gasteiger partial charge in [-0.25, -0.2) is 9.59 Å². The lowest BCUT2D eigenvalue weighted by molar-refractivity contribution is -0.145. The number of rotatable bonds is 4. The quantitative estimate of drug-likeness (QED) is 0.785. The molecular formula is C12H22N2O4. The second-order valence-corrected chi connectivity index (χ2v) is 4.90. The number of carboxylic acid groups (broad SMARTS) is 1. The fourth-order valence-electron chi connectivity index (χ4n) is 2.38. The molecule has 1 aliphatic heterocycles. The van der Waals surface area contributed by atoms with Crippen LogP contribution in [-0.4, -0.2) is 54.4 Å². The predicted molar refractivity (Wildman–Crippen MR) is 66.4 cm³/mol. The zero-order valence-corrected chi connectivity index (χ0v) is 11.2. The molecule has 1 fully saturated rings. The molecule has 0 saturated carbocycles. The minimum Gasteiger partial charge on any atom is -0.480 e. The van der Waals surface area contributed by atoms with E-state index in [2.05, 4.69) is 5.32 Å². The van der Waals surface area contributed by atoms with Crippen LogP contribution in [0.1, 0.15) is 26.7 Å². The summed E-state index contributed by atoms with van der Waals surface area (Å²) < 4.78 is 4.94. The lowest BCUT2D eigenvalue weighted by Crippen LogP contribution is -2.56. The Morgan fingerprint density at radius 2 is 2.22 bits per heavy atom. The van der Waals surface area contributed by atoms with E-state index in [1.165, 1.54) is 4.90 Å². The van der Waals surface area contributed by atoms with Crippen molar-refractivity contribution in [2.75, 3.05) is 20.3 Å². The summed E-state index contributed by atoms with van der Waals surface area (Å²) in [7, 11) is 1.56. The molecule has 6 nitrogen and oxygen atoms in total. The summed E-state index contributed by atoms with van der Waals surface area (Å²) in [5, 5.41) is 12.0. The van der Waals surface area contributed by atoms with Gasteiger partial charge in [-0.2, -0.15) is 0 Å². The van der Waals surface area contributed by atoms with Crippen LogP contribution in [0.5, 0.6) is 0 Å². The first-order valence-corrected chi connectivity index (χ1v) is 6.26. The highest BCUT2D eigenvalue weighted by atomic mass is 16.5. The Morgan fingerprint density at radius 1 is 1.56 bits per heavy atom. The number of amides is 2. The number of carboxylic acids is 1. The van der Waals surface area contributed by atoms with Crippen molar-refractivity contribution >= 4 is 12.0 Å². The van der Waals surface area contributed by atoms with Crippen LogP contribution in [0, 0.1) is 5.92 Å². The molecule has 0 spiro atoms. The molecule has 1 saturated heterocycles. The van der Waals surface area contributed by atoms with Gasteiger partial charge in [-0.05, 0) is 25.7 Å². The number of carbonyl (C=O) groups excluding carboxylic acids is 1. The number of nitrogens with zero attached hydrogens (tertiary/aromatic N) is 1. The van der Waals surface area contributed by atoms with Crippen LogP contribution in [0.25, 0.3) is 0 Å². The molecule has 0 aliphatic carbocycles. The van der Waals surface area contributed by atoms with Crippen molar-refractivity contribution in [3.05, 3.63) is 0 Å². The molecule has 1 heterocycles. The smallest absolute Gasteiger partial charge is 0.326 e. The normalized spacial score (nSPS) is 25.6. The molecule has 3 atom stereocenters. The van der Waals surface area contributed by atoms with Crippen molar-refractivity contribution in [3.8, 4) is 0 Å².